The molecule has 3 rings (SSSR count). The van der Waals surface area contributed by atoms with E-state index in [1.165, 1.54) is 12.8 Å². The molecule has 0 aromatic carbocycles. The van der Waals surface area contributed by atoms with Gasteiger partial charge in [0.05, 0.1) is 11.4 Å². The van der Waals surface area contributed by atoms with Crippen molar-refractivity contribution >= 4 is 12.2 Å². The molecule has 3 nitrogen and oxygen atoms in total. The maximum atomic E-state index is 5.06. The van der Waals surface area contributed by atoms with Crippen molar-refractivity contribution in [3.63, 3.8) is 0 Å². The number of H-pyrrole nitrogens is 1. The molecule has 0 saturated heterocycles. The lowest BCUT2D eigenvalue weighted by Gasteiger charge is -2.33. The first-order valence-electron chi connectivity index (χ1n) is 5.44. The number of hydrogen-bond donors (Lipinski definition) is 1. The van der Waals surface area contributed by atoms with E-state index in [9.17, 15) is 0 Å². The summed E-state index contributed by atoms with van der Waals surface area (Å²) in [6.45, 7) is 6.97. The van der Waals surface area contributed by atoms with Crippen molar-refractivity contribution in [1.82, 2.24) is 15.2 Å². The first kappa shape index (κ1) is 9.46. The van der Waals surface area contributed by atoms with Gasteiger partial charge in [0.15, 0.2) is 0 Å². The summed E-state index contributed by atoms with van der Waals surface area (Å²) in [7, 11) is 0. The van der Waals surface area contributed by atoms with Crippen molar-refractivity contribution < 1.29 is 0 Å². The number of aromatic amines is 1. The van der Waals surface area contributed by atoms with E-state index >= 15 is 0 Å². The fourth-order valence-corrected chi connectivity index (χ4v) is 3.53. The van der Waals surface area contributed by atoms with Crippen LogP contribution in [0.25, 0.3) is 0 Å². The Morgan fingerprint density at radius 2 is 2.13 bits per heavy atom. The Bertz CT molecular complexity index is 491. The standard InChI is InChI=1S/C11H15N3S/c1-10(2)6-4-5-11(10,3)8-7(6)13-14-9(15)12-8/h6H,4-5H2,1-3H3,(H,12,14,15)/t6-,11-/m1/s1. The van der Waals surface area contributed by atoms with E-state index in [1.807, 2.05) is 0 Å². The zero-order chi connectivity index (χ0) is 10.8. The van der Waals surface area contributed by atoms with Gasteiger partial charge in [0, 0.05) is 11.3 Å². The van der Waals surface area contributed by atoms with E-state index in [0.29, 0.717) is 10.7 Å². The number of nitrogens with one attached hydrogen (secondary N) is 1. The molecule has 2 aliphatic rings. The molecule has 15 heavy (non-hydrogen) atoms. The smallest absolute Gasteiger partial charge is 0.213 e. The Morgan fingerprint density at radius 3 is 2.87 bits per heavy atom. The van der Waals surface area contributed by atoms with Gasteiger partial charge in [-0.2, -0.15) is 5.10 Å². The Hall–Kier alpha value is -0.770. The van der Waals surface area contributed by atoms with Crippen molar-refractivity contribution in [3.05, 3.63) is 16.2 Å². The third-order valence-electron chi connectivity index (χ3n) is 4.81. The van der Waals surface area contributed by atoms with Gasteiger partial charge in [-0.05, 0) is 30.5 Å². The van der Waals surface area contributed by atoms with Crippen LogP contribution < -0.4 is 0 Å². The molecule has 2 aliphatic carbocycles. The Labute approximate surface area is 94.3 Å². The normalized spacial score (nSPS) is 35.5. The molecule has 0 radical (unpaired) electrons. The minimum absolute atomic E-state index is 0.169. The molecule has 2 atom stereocenters. The highest BCUT2D eigenvalue weighted by molar-refractivity contribution is 7.71. The lowest BCUT2D eigenvalue weighted by Crippen LogP contribution is -2.32. The topological polar surface area (TPSA) is 41.6 Å². The van der Waals surface area contributed by atoms with Crippen LogP contribution in [0.1, 0.15) is 50.9 Å². The van der Waals surface area contributed by atoms with E-state index in [-0.39, 0.29) is 10.8 Å². The molecule has 1 aromatic rings. The summed E-state index contributed by atoms with van der Waals surface area (Å²) in [5.41, 5.74) is 2.74. The Balaban J connectivity index is 2.34. The van der Waals surface area contributed by atoms with E-state index in [0.717, 1.165) is 11.4 Å². The summed E-state index contributed by atoms with van der Waals surface area (Å²) in [6.07, 6.45) is 2.45. The molecule has 0 spiro atoms. The molecular formula is C11H15N3S. The zero-order valence-corrected chi connectivity index (χ0v) is 10.1. The van der Waals surface area contributed by atoms with Crippen LogP contribution in [0.5, 0.6) is 0 Å². The van der Waals surface area contributed by atoms with Gasteiger partial charge in [-0.25, -0.2) is 4.98 Å². The van der Waals surface area contributed by atoms with Crippen molar-refractivity contribution in [1.29, 1.82) is 0 Å². The van der Waals surface area contributed by atoms with Crippen LogP contribution in [0, 0.1) is 10.2 Å². The van der Waals surface area contributed by atoms with Crippen LogP contribution in [0.2, 0.25) is 0 Å². The van der Waals surface area contributed by atoms with Gasteiger partial charge in [-0.15, -0.1) is 0 Å². The fraction of sp³-hybridized carbons (Fsp3) is 0.727. The second-order valence-electron chi connectivity index (χ2n) is 5.52. The van der Waals surface area contributed by atoms with Gasteiger partial charge < -0.3 is 0 Å². The molecule has 1 N–H and O–H groups in total. The largest absolute Gasteiger partial charge is 0.252 e. The van der Waals surface area contributed by atoms with Crippen molar-refractivity contribution in [2.45, 2.75) is 44.9 Å². The third kappa shape index (κ3) is 0.893. The fourth-order valence-electron chi connectivity index (χ4n) is 3.40. The Kier molecular flexibility index (Phi) is 1.57. The summed E-state index contributed by atoms with van der Waals surface area (Å²) in [5.74, 6) is 0.553. The van der Waals surface area contributed by atoms with E-state index in [2.05, 4.69) is 36.0 Å². The molecule has 1 heterocycles. The van der Waals surface area contributed by atoms with Crippen molar-refractivity contribution in [2.75, 3.05) is 0 Å². The second kappa shape index (κ2) is 2.48. The van der Waals surface area contributed by atoms with Crippen LogP contribution in [-0.4, -0.2) is 15.2 Å². The quantitative estimate of drug-likeness (QED) is 0.685. The average Bonchev–Trinajstić information content (AvgIpc) is 2.48. The van der Waals surface area contributed by atoms with Gasteiger partial charge >= 0.3 is 0 Å². The first-order chi connectivity index (χ1) is 6.97. The van der Waals surface area contributed by atoms with Crippen LogP contribution in [0.3, 0.4) is 0 Å². The number of hydrogen-bond acceptors (Lipinski definition) is 3. The summed E-state index contributed by atoms with van der Waals surface area (Å²) in [4.78, 5) is 4.50. The molecule has 0 unspecified atom stereocenters. The molecule has 1 aromatic heterocycles. The molecule has 0 aliphatic heterocycles. The molecule has 80 valence electrons. The highest BCUT2D eigenvalue weighted by Crippen LogP contribution is 2.66. The van der Waals surface area contributed by atoms with Crippen molar-refractivity contribution in [2.24, 2.45) is 5.41 Å². The number of fused-ring (bicyclic) bond motifs is 5. The monoisotopic (exact) mass is 221 g/mol. The molecule has 1 fully saturated rings. The number of nitrogens with zero attached hydrogens (tertiary/aromatic N) is 2. The molecular weight excluding hydrogens is 206 g/mol. The summed E-state index contributed by atoms with van der Waals surface area (Å²) in [6, 6.07) is 0. The van der Waals surface area contributed by atoms with Gasteiger partial charge in [0.2, 0.25) is 4.77 Å². The van der Waals surface area contributed by atoms with Crippen LogP contribution in [-0.2, 0) is 5.41 Å². The van der Waals surface area contributed by atoms with E-state index in [4.69, 9.17) is 12.2 Å². The summed E-state index contributed by atoms with van der Waals surface area (Å²) in [5, 5.41) is 7.22. The first-order valence-corrected chi connectivity index (χ1v) is 5.85. The van der Waals surface area contributed by atoms with E-state index in [1.54, 1.807) is 0 Å². The Morgan fingerprint density at radius 1 is 1.40 bits per heavy atom. The predicted octanol–water partition coefficient (Wildman–Crippen LogP) is 2.71. The minimum Gasteiger partial charge on any atom is -0.252 e. The van der Waals surface area contributed by atoms with Gasteiger partial charge in [0.25, 0.3) is 0 Å². The third-order valence-corrected chi connectivity index (χ3v) is 4.99. The highest BCUT2D eigenvalue weighted by atomic mass is 32.1. The minimum atomic E-state index is 0.169. The maximum absolute atomic E-state index is 5.06. The average molecular weight is 221 g/mol. The highest BCUT2D eigenvalue weighted by Gasteiger charge is 2.61. The SMILES string of the molecule is CC1(C)[C@@H]2CC[C@]1(C)c1nc(=S)[nH]nc12. The van der Waals surface area contributed by atoms with Crippen LogP contribution in [0.15, 0.2) is 0 Å². The zero-order valence-electron chi connectivity index (χ0n) is 9.29. The maximum Gasteiger partial charge on any atom is 0.213 e. The van der Waals surface area contributed by atoms with Gasteiger partial charge in [-0.1, -0.05) is 20.8 Å². The van der Waals surface area contributed by atoms with Gasteiger partial charge in [-0.3, -0.25) is 5.10 Å². The number of aromatic nitrogens is 3. The predicted molar refractivity (Wildman–Crippen MR) is 60.3 cm³/mol. The van der Waals surface area contributed by atoms with Gasteiger partial charge in [0.1, 0.15) is 0 Å². The van der Waals surface area contributed by atoms with E-state index < -0.39 is 0 Å². The second-order valence-corrected chi connectivity index (χ2v) is 5.91. The molecule has 2 bridgehead atoms. The molecule has 4 heteroatoms. The molecule has 0 amide bonds. The lowest BCUT2D eigenvalue weighted by molar-refractivity contribution is 0.227. The summed E-state index contributed by atoms with van der Waals surface area (Å²) < 4.78 is 0.512. The van der Waals surface area contributed by atoms with Crippen molar-refractivity contribution in [3.8, 4) is 0 Å². The summed E-state index contributed by atoms with van der Waals surface area (Å²) >= 11 is 5.06. The molecule has 1 saturated carbocycles. The number of rotatable bonds is 0. The van der Waals surface area contributed by atoms with Crippen LogP contribution >= 0.6 is 12.2 Å². The van der Waals surface area contributed by atoms with Crippen LogP contribution in [0.4, 0.5) is 0 Å². The lowest BCUT2D eigenvalue weighted by atomic mass is 9.70.